The van der Waals surface area contributed by atoms with Crippen LogP contribution < -0.4 is 4.90 Å². The van der Waals surface area contributed by atoms with Crippen molar-refractivity contribution in [3.63, 3.8) is 0 Å². The highest BCUT2D eigenvalue weighted by Crippen LogP contribution is 2.34. The second-order valence-electron chi connectivity index (χ2n) is 7.89. The Kier molecular flexibility index (Phi) is 5.69. The first-order valence-corrected chi connectivity index (χ1v) is 10.4. The molecule has 4 heterocycles. The van der Waals surface area contributed by atoms with Gasteiger partial charge in [-0.1, -0.05) is 6.08 Å². The summed E-state index contributed by atoms with van der Waals surface area (Å²) in [5.41, 5.74) is 5.85. The Balaban J connectivity index is 1.96. The maximum absolute atomic E-state index is 12.1. The summed E-state index contributed by atoms with van der Waals surface area (Å²) in [6.07, 6.45) is 5.87. The van der Waals surface area contributed by atoms with Crippen LogP contribution in [0.5, 0.6) is 0 Å². The fraction of sp³-hybridized carbons (Fsp3) is 0.333. The van der Waals surface area contributed by atoms with Gasteiger partial charge in [-0.2, -0.15) is 0 Å². The van der Waals surface area contributed by atoms with Crippen LogP contribution in [0.3, 0.4) is 0 Å². The lowest BCUT2D eigenvalue weighted by Gasteiger charge is -2.32. The molecule has 0 aromatic carbocycles. The molecule has 0 saturated carbocycles. The number of rotatable bonds is 5. The molecule has 7 nitrogen and oxygen atoms in total. The van der Waals surface area contributed by atoms with Crippen LogP contribution in [0.4, 0.5) is 5.82 Å². The lowest BCUT2D eigenvalue weighted by atomic mass is 10.0. The molecule has 0 unspecified atom stereocenters. The van der Waals surface area contributed by atoms with Crippen molar-refractivity contribution in [2.75, 3.05) is 45.3 Å². The number of pyridine rings is 2. The molecule has 1 saturated heterocycles. The highest BCUT2D eigenvalue weighted by atomic mass is 16.5. The topological polar surface area (TPSA) is 70.3 Å². The van der Waals surface area contributed by atoms with Crippen molar-refractivity contribution in [3.8, 4) is 11.1 Å². The largest absolute Gasteiger partial charge is 0.478 e. The minimum absolute atomic E-state index is 0.317. The van der Waals surface area contributed by atoms with Gasteiger partial charge in [0.1, 0.15) is 5.82 Å². The van der Waals surface area contributed by atoms with Gasteiger partial charge in [0.05, 0.1) is 35.7 Å². The maximum Gasteiger partial charge on any atom is 0.336 e. The standard InChI is InChI=1S/C24H28N4O3/c1-5-20(27-10-12-31-13-11-27)23-16(2)19(24(29)30)15-21-18(7-9-28(21)23)17-6-8-25-22(14-17)26(3)4/h5-9,14-15H,10-13H2,1-4H3,(H,29,30)/b20-5-. The first kappa shape index (κ1) is 20.9. The summed E-state index contributed by atoms with van der Waals surface area (Å²) in [4.78, 5) is 20.8. The van der Waals surface area contributed by atoms with Gasteiger partial charge >= 0.3 is 5.97 Å². The molecule has 1 fully saturated rings. The number of carbonyl (C=O) groups is 1. The van der Waals surface area contributed by atoms with E-state index in [0.29, 0.717) is 18.8 Å². The Hall–Kier alpha value is -3.32. The summed E-state index contributed by atoms with van der Waals surface area (Å²) in [5, 5.41) is 9.95. The molecule has 0 amide bonds. The third-order valence-corrected chi connectivity index (χ3v) is 5.82. The van der Waals surface area contributed by atoms with E-state index in [1.165, 1.54) is 0 Å². The van der Waals surface area contributed by atoms with Crippen LogP contribution in [0.15, 0.2) is 42.7 Å². The van der Waals surface area contributed by atoms with Crippen LogP contribution in [0.25, 0.3) is 22.3 Å². The van der Waals surface area contributed by atoms with Crippen LogP contribution in [0.1, 0.15) is 28.5 Å². The Morgan fingerprint density at radius 3 is 2.61 bits per heavy atom. The molecule has 162 valence electrons. The number of carboxylic acids is 1. The summed E-state index contributed by atoms with van der Waals surface area (Å²) >= 11 is 0. The monoisotopic (exact) mass is 420 g/mol. The van der Waals surface area contributed by atoms with Gasteiger partial charge in [-0.05, 0) is 49.2 Å². The van der Waals surface area contributed by atoms with Crippen LogP contribution in [-0.2, 0) is 4.74 Å². The molecule has 1 aliphatic heterocycles. The fourth-order valence-electron chi connectivity index (χ4n) is 4.23. The Bertz CT molecular complexity index is 1160. The van der Waals surface area contributed by atoms with E-state index >= 15 is 0 Å². The normalized spacial score (nSPS) is 14.8. The van der Waals surface area contributed by atoms with Gasteiger partial charge in [0.15, 0.2) is 0 Å². The minimum Gasteiger partial charge on any atom is -0.478 e. The molecule has 0 bridgehead atoms. The average Bonchev–Trinajstić information content (AvgIpc) is 3.19. The zero-order chi connectivity index (χ0) is 22.1. The van der Waals surface area contributed by atoms with E-state index in [1.54, 1.807) is 12.3 Å². The molecule has 7 heteroatoms. The second-order valence-corrected chi connectivity index (χ2v) is 7.89. The first-order chi connectivity index (χ1) is 14.9. The second kappa shape index (κ2) is 8.43. The third-order valence-electron chi connectivity index (χ3n) is 5.82. The molecule has 0 spiro atoms. The average molecular weight is 421 g/mol. The van der Waals surface area contributed by atoms with Crippen molar-refractivity contribution >= 4 is 23.0 Å². The number of morpholine rings is 1. The quantitative estimate of drug-likeness (QED) is 0.678. The number of allylic oxidation sites excluding steroid dienone is 1. The zero-order valence-electron chi connectivity index (χ0n) is 18.4. The van der Waals surface area contributed by atoms with Gasteiger partial charge in [0.25, 0.3) is 0 Å². The third kappa shape index (κ3) is 3.77. The smallest absolute Gasteiger partial charge is 0.336 e. The van der Waals surface area contributed by atoms with Crippen molar-refractivity contribution in [1.82, 2.24) is 14.3 Å². The molecule has 1 aliphatic rings. The number of aromatic nitrogens is 2. The molecule has 31 heavy (non-hydrogen) atoms. The number of ether oxygens (including phenoxy) is 1. The zero-order valence-corrected chi connectivity index (χ0v) is 18.4. The summed E-state index contributed by atoms with van der Waals surface area (Å²) < 4.78 is 7.63. The number of fused-ring (bicyclic) bond motifs is 1. The van der Waals surface area contributed by atoms with E-state index < -0.39 is 5.97 Å². The lowest BCUT2D eigenvalue weighted by molar-refractivity contribution is 0.0636. The van der Waals surface area contributed by atoms with Crippen molar-refractivity contribution in [3.05, 3.63) is 59.6 Å². The number of carboxylic acid groups (broad SMARTS) is 1. The Morgan fingerprint density at radius 2 is 1.97 bits per heavy atom. The van der Waals surface area contributed by atoms with Gasteiger partial charge < -0.3 is 24.0 Å². The predicted molar refractivity (Wildman–Crippen MR) is 123 cm³/mol. The highest BCUT2D eigenvalue weighted by Gasteiger charge is 2.23. The molecule has 0 radical (unpaired) electrons. The van der Waals surface area contributed by atoms with E-state index in [0.717, 1.165) is 52.5 Å². The fourth-order valence-corrected chi connectivity index (χ4v) is 4.23. The minimum atomic E-state index is -0.922. The van der Waals surface area contributed by atoms with Crippen LogP contribution >= 0.6 is 0 Å². The van der Waals surface area contributed by atoms with E-state index in [-0.39, 0.29) is 0 Å². The van der Waals surface area contributed by atoms with Crippen molar-refractivity contribution in [1.29, 1.82) is 0 Å². The maximum atomic E-state index is 12.1. The van der Waals surface area contributed by atoms with E-state index in [9.17, 15) is 9.90 Å². The number of hydrogen-bond donors (Lipinski definition) is 1. The number of hydrogen-bond acceptors (Lipinski definition) is 5. The van der Waals surface area contributed by atoms with Crippen LogP contribution in [0.2, 0.25) is 0 Å². The molecule has 0 aliphatic carbocycles. The van der Waals surface area contributed by atoms with Crippen molar-refractivity contribution in [2.45, 2.75) is 13.8 Å². The van der Waals surface area contributed by atoms with E-state index in [1.807, 2.05) is 57.2 Å². The molecule has 4 rings (SSSR count). The first-order valence-electron chi connectivity index (χ1n) is 10.4. The predicted octanol–water partition coefficient (Wildman–Crippen LogP) is 3.77. The van der Waals surface area contributed by atoms with Crippen molar-refractivity contribution in [2.24, 2.45) is 0 Å². The molecule has 3 aromatic rings. The summed E-state index contributed by atoms with van der Waals surface area (Å²) in [6.45, 7) is 6.78. The summed E-state index contributed by atoms with van der Waals surface area (Å²) in [6, 6.07) is 7.80. The van der Waals surface area contributed by atoms with Gasteiger partial charge in [0, 0.05) is 45.1 Å². The Labute approximate surface area is 182 Å². The van der Waals surface area contributed by atoms with Gasteiger partial charge in [-0.3, -0.25) is 0 Å². The summed E-state index contributed by atoms with van der Waals surface area (Å²) in [7, 11) is 3.91. The van der Waals surface area contributed by atoms with Gasteiger partial charge in [-0.25, -0.2) is 9.78 Å². The molecule has 1 N–H and O–H groups in total. The van der Waals surface area contributed by atoms with Crippen LogP contribution in [-0.4, -0.2) is 65.8 Å². The molecule has 3 aromatic heterocycles. The lowest BCUT2D eigenvalue weighted by Crippen LogP contribution is -2.35. The SMILES string of the molecule is C/C=C(/c1c(C)c(C(=O)O)cc2c(-c3ccnc(N(C)C)c3)ccn12)N1CCOCC1. The van der Waals surface area contributed by atoms with E-state index in [4.69, 9.17) is 4.74 Å². The molecular weight excluding hydrogens is 392 g/mol. The van der Waals surface area contributed by atoms with Gasteiger partial charge in [0.2, 0.25) is 0 Å². The summed E-state index contributed by atoms with van der Waals surface area (Å²) in [5.74, 6) is -0.0698. The molecular formula is C24H28N4O3. The van der Waals surface area contributed by atoms with E-state index in [2.05, 4.69) is 20.4 Å². The van der Waals surface area contributed by atoms with Crippen LogP contribution in [0, 0.1) is 6.92 Å². The van der Waals surface area contributed by atoms with Gasteiger partial charge in [-0.15, -0.1) is 0 Å². The Morgan fingerprint density at radius 1 is 1.23 bits per heavy atom. The number of anilines is 1. The van der Waals surface area contributed by atoms with Crippen molar-refractivity contribution < 1.29 is 14.6 Å². The number of aromatic carboxylic acids is 1. The highest BCUT2D eigenvalue weighted by molar-refractivity contribution is 5.95. The molecule has 0 atom stereocenters. The number of nitrogens with zero attached hydrogens (tertiary/aromatic N) is 4.